The van der Waals surface area contributed by atoms with Gasteiger partial charge in [-0.25, -0.2) is 0 Å². The Morgan fingerprint density at radius 1 is 0.875 bits per heavy atom. The SMILES string of the molecule is CCC1CS2(C(C)(C)CC(C)C)(C(C)(C)C(C)C)(C1C)C(C)C2C. The van der Waals surface area contributed by atoms with Crippen molar-refractivity contribution in [3.63, 3.8) is 0 Å². The summed E-state index contributed by atoms with van der Waals surface area (Å²) in [6.45, 7) is 31.2. The summed E-state index contributed by atoms with van der Waals surface area (Å²) in [5.74, 6) is 4.09. The minimum Gasteiger partial charge on any atom is -0.256 e. The molecule has 2 saturated heterocycles. The van der Waals surface area contributed by atoms with E-state index in [0.717, 1.165) is 33.5 Å². The van der Waals surface area contributed by atoms with Crippen LogP contribution in [0.15, 0.2) is 0 Å². The molecule has 0 aliphatic carbocycles. The summed E-state index contributed by atoms with van der Waals surface area (Å²) < 4.78 is 0.939. The maximum absolute atomic E-state index is 2.71. The van der Waals surface area contributed by atoms with Gasteiger partial charge >= 0.3 is 0 Å². The van der Waals surface area contributed by atoms with E-state index in [1.54, 1.807) is 5.75 Å². The molecular formula is C23H48S. The summed E-state index contributed by atoms with van der Waals surface area (Å²) >= 11 is 0. The largest absolute Gasteiger partial charge is 0.256 e. The fraction of sp³-hybridized carbons (Fsp3) is 1.00. The van der Waals surface area contributed by atoms with Gasteiger partial charge in [0.15, 0.2) is 0 Å². The Bertz CT molecular complexity index is 516. The normalized spacial score (nSPS) is 39.8. The van der Waals surface area contributed by atoms with Crippen LogP contribution in [0.5, 0.6) is 0 Å². The molecule has 2 fully saturated rings. The minimum atomic E-state index is -2.25. The van der Waals surface area contributed by atoms with Crippen LogP contribution in [0.1, 0.15) is 95.9 Å². The molecule has 0 aromatic rings. The van der Waals surface area contributed by atoms with Crippen LogP contribution in [0.4, 0.5) is 0 Å². The maximum atomic E-state index is 2.71. The van der Waals surface area contributed by atoms with Gasteiger partial charge in [0.1, 0.15) is 0 Å². The third kappa shape index (κ3) is 1.37. The summed E-state index contributed by atoms with van der Waals surface area (Å²) in [6, 6.07) is 0. The van der Waals surface area contributed by atoms with Gasteiger partial charge in [0, 0.05) is 0 Å². The second-order valence-corrected chi connectivity index (χ2v) is 20.3. The van der Waals surface area contributed by atoms with Crippen molar-refractivity contribution in [2.45, 2.75) is 121 Å². The monoisotopic (exact) mass is 356 g/mol. The highest BCUT2D eigenvalue weighted by molar-refractivity contribution is 8.73. The molecule has 4 atom stereocenters. The quantitative estimate of drug-likeness (QED) is 0.437. The van der Waals surface area contributed by atoms with Gasteiger partial charge in [0.25, 0.3) is 0 Å². The van der Waals surface area contributed by atoms with Crippen molar-refractivity contribution >= 4 is 8.29 Å². The highest BCUT2D eigenvalue weighted by atomic mass is 32.4. The first kappa shape index (κ1) is 20.7. The van der Waals surface area contributed by atoms with Crippen molar-refractivity contribution in [1.82, 2.24) is 0 Å². The Balaban J connectivity index is 2.88. The Kier molecular flexibility index (Phi) is 4.29. The third-order valence-electron chi connectivity index (χ3n) is 11.1. The van der Waals surface area contributed by atoms with E-state index < -0.39 is 8.29 Å². The van der Waals surface area contributed by atoms with Crippen molar-refractivity contribution in [2.75, 3.05) is 5.75 Å². The first-order valence-electron chi connectivity index (χ1n) is 10.7. The van der Waals surface area contributed by atoms with E-state index in [1.165, 1.54) is 12.8 Å². The summed E-state index contributed by atoms with van der Waals surface area (Å²) in [7, 11) is -2.25. The van der Waals surface area contributed by atoms with Crippen molar-refractivity contribution in [2.24, 2.45) is 17.8 Å². The molecule has 0 aromatic carbocycles. The molecule has 2 aliphatic heterocycles. The summed E-state index contributed by atoms with van der Waals surface area (Å²) in [4.78, 5) is 0. The first-order chi connectivity index (χ1) is 10.7. The van der Waals surface area contributed by atoms with Gasteiger partial charge in [-0.3, -0.25) is 8.29 Å². The molecule has 0 aromatic heterocycles. The van der Waals surface area contributed by atoms with Crippen LogP contribution in [0.2, 0.25) is 0 Å². The Labute approximate surface area is 153 Å². The lowest BCUT2D eigenvalue weighted by Crippen LogP contribution is -2.74. The predicted octanol–water partition coefficient (Wildman–Crippen LogP) is 7.34. The van der Waals surface area contributed by atoms with Gasteiger partial charge in [-0.05, 0) is 55.2 Å². The minimum absolute atomic E-state index is 0.461. The molecule has 0 saturated carbocycles. The van der Waals surface area contributed by atoms with Crippen LogP contribution in [-0.2, 0) is 0 Å². The summed E-state index contributed by atoms with van der Waals surface area (Å²) in [6.07, 6.45) is 2.78. The van der Waals surface area contributed by atoms with E-state index in [1.807, 2.05) is 0 Å². The van der Waals surface area contributed by atoms with Crippen LogP contribution in [-0.4, -0.2) is 31.0 Å². The van der Waals surface area contributed by atoms with E-state index in [-0.39, 0.29) is 0 Å². The summed E-state index contributed by atoms with van der Waals surface area (Å²) in [5.41, 5.74) is 0. The fourth-order valence-electron chi connectivity index (χ4n) is 9.79. The van der Waals surface area contributed by atoms with Gasteiger partial charge in [-0.15, -0.1) is 0 Å². The average molecular weight is 357 g/mol. The van der Waals surface area contributed by atoms with Crippen molar-refractivity contribution in [1.29, 1.82) is 0 Å². The zero-order valence-corrected chi connectivity index (χ0v) is 19.8. The average Bonchev–Trinajstić information content (AvgIpc) is 2.93. The van der Waals surface area contributed by atoms with Gasteiger partial charge < -0.3 is 0 Å². The van der Waals surface area contributed by atoms with Crippen molar-refractivity contribution < 1.29 is 0 Å². The standard InChI is InChI=1S/C23H48S/c1-13-21-15-24(20(21)8,18(6)19(24)7,23(11,12)17(4)5)22(9,10)14-16(2)3/h16-21H,13-15H2,1-12H3. The Morgan fingerprint density at radius 2 is 1.33 bits per heavy atom. The fourth-order valence-corrected chi connectivity index (χ4v) is 28.0. The number of hydrogen-bond acceptors (Lipinski definition) is 0. The molecule has 0 radical (unpaired) electrons. The molecule has 2 heterocycles. The van der Waals surface area contributed by atoms with Gasteiger partial charge in [0.05, 0.1) is 0 Å². The topological polar surface area (TPSA) is 0 Å². The van der Waals surface area contributed by atoms with Crippen molar-refractivity contribution in [3.05, 3.63) is 0 Å². The van der Waals surface area contributed by atoms with Crippen LogP contribution >= 0.6 is 8.29 Å². The van der Waals surface area contributed by atoms with Crippen LogP contribution in [0, 0.1) is 17.8 Å². The lowest BCUT2D eigenvalue weighted by Gasteiger charge is -2.94. The molecule has 0 bridgehead atoms. The lowest BCUT2D eigenvalue weighted by atomic mass is 9.97. The van der Waals surface area contributed by atoms with Crippen LogP contribution in [0.3, 0.4) is 0 Å². The lowest BCUT2D eigenvalue weighted by molar-refractivity contribution is 0.384. The maximum Gasteiger partial charge on any atom is -0.0126 e. The zero-order chi connectivity index (χ0) is 19.0. The molecule has 0 amide bonds. The molecule has 0 nitrogen and oxygen atoms in total. The van der Waals surface area contributed by atoms with E-state index >= 15 is 0 Å². The smallest absolute Gasteiger partial charge is 0.0126 e. The van der Waals surface area contributed by atoms with Crippen molar-refractivity contribution in [3.8, 4) is 0 Å². The molecule has 0 N–H and O–H groups in total. The summed E-state index contributed by atoms with van der Waals surface area (Å²) in [5, 5.41) is 2.81. The van der Waals surface area contributed by atoms with E-state index in [4.69, 9.17) is 0 Å². The Morgan fingerprint density at radius 3 is 1.58 bits per heavy atom. The van der Waals surface area contributed by atoms with Gasteiger partial charge in [-0.2, -0.15) is 0 Å². The molecule has 24 heavy (non-hydrogen) atoms. The van der Waals surface area contributed by atoms with Crippen LogP contribution in [0.25, 0.3) is 0 Å². The zero-order valence-electron chi connectivity index (χ0n) is 19.0. The van der Waals surface area contributed by atoms with E-state index in [9.17, 15) is 0 Å². The molecule has 2 rings (SSSR count). The van der Waals surface area contributed by atoms with E-state index in [2.05, 4.69) is 83.1 Å². The van der Waals surface area contributed by atoms with Gasteiger partial charge in [-0.1, -0.05) is 89.5 Å². The number of hydrogen-bond donors (Lipinski definition) is 0. The highest BCUT2D eigenvalue weighted by Crippen LogP contribution is 3.23. The van der Waals surface area contributed by atoms with E-state index in [0.29, 0.717) is 9.49 Å². The second-order valence-electron chi connectivity index (χ2n) is 11.6. The first-order valence-corrected chi connectivity index (χ1v) is 13.5. The Hall–Kier alpha value is 0.350. The molecule has 1 spiro atoms. The predicted molar refractivity (Wildman–Crippen MR) is 117 cm³/mol. The molecular weight excluding hydrogens is 308 g/mol. The molecule has 1 heteroatoms. The molecule has 2 aliphatic rings. The molecule has 4 unspecified atom stereocenters. The number of rotatable bonds is 6. The highest BCUT2D eigenvalue weighted by Gasteiger charge is 2.98. The molecule has 146 valence electrons. The second kappa shape index (κ2) is 4.99. The van der Waals surface area contributed by atoms with Gasteiger partial charge in [0.2, 0.25) is 0 Å². The van der Waals surface area contributed by atoms with Crippen LogP contribution < -0.4 is 0 Å². The third-order valence-corrected chi connectivity index (χ3v) is 26.7.